The quantitative estimate of drug-likeness (QED) is 0.939. The summed E-state index contributed by atoms with van der Waals surface area (Å²) in [5, 5.41) is 9.50. The molecule has 24 heavy (non-hydrogen) atoms. The molecule has 0 radical (unpaired) electrons. The third-order valence-electron chi connectivity index (χ3n) is 4.66. The van der Waals surface area contributed by atoms with Crippen molar-refractivity contribution in [3.63, 3.8) is 0 Å². The van der Waals surface area contributed by atoms with E-state index in [1.807, 2.05) is 35.9 Å². The highest BCUT2D eigenvalue weighted by Crippen LogP contribution is 2.28. The number of hydrogen-bond donors (Lipinski definition) is 1. The molecule has 0 spiro atoms. The number of aryl methyl sites for hydroxylation is 3. The summed E-state index contributed by atoms with van der Waals surface area (Å²) >= 11 is 0. The van der Waals surface area contributed by atoms with Gasteiger partial charge in [-0.2, -0.15) is 0 Å². The molecular formula is C19H22N2O3. The molecule has 5 nitrogen and oxygen atoms in total. The van der Waals surface area contributed by atoms with Crippen molar-refractivity contribution >= 4 is 17.6 Å². The van der Waals surface area contributed by atoms with Gasteiger partial charge in [0.05, 0.1) is 12.0 Å². The average Bonchev–Trinajstić information content (AvgIpc) is 2.89. The van der Waals surface area contributed by atoms with Crippen molar-refractivity contribution < 1.29 is 14.7 Å². The smallest absolute Gasteiger partial charge is 0.337 e. The van der Waals surface area contributed by atoms with Crippen LogP contribution in [-0.4, -0.2) is 28.1 Å². The lowest BCUT2D eigenvalue weighted by molar-refractivity contribution is -0.118. The van der Waals surface area contributed by atoms with Gasteiger partial charge in [0, 0.05) is 30.7 Å². The normalized spacial score (nSPS) is 13.7. The zero-order valence-corrected chi connectivity index (χ0v) is 14.1. The van der Waals surface area contributed by atoms with E-state index in [1.165, 1.54) is 5.56 Å². The number of carbonyl (C=O) groups is 2. The van der Waals surface area contributed by atoms with Gasteiger partial charge in [-0.25, -0.2) is 4.79 Å². The highest BCUT2D eigenvalue weighted by atomic mass is 16.4. The van der Waals surface area contributed by atoms with Gasteiger partial charge >= 0.3 is 5.97 Å². The van der Waals surface area contributed by atoms with Crippen LogP contribution >= 0.6 is 0 Å². The van der Waals surface area contributed by atoms with E-state index in [2.05, 4.69) is 6.07 Å². The van der Waals surface area contributed by atoms with Gasteiger partial charge in [0.15, 0.2) is 0 Å². The van der Waals surface area contributed by atoms with E-state index in [-0.39, 0.29) is 17.9 Å². The maximum absolute atomic E-state index is 12.9. The van der Waals surface area contributed by atoms with Gasteiger partial charge in [-0.15, -0.1) is 0 Å². The van der Waals surface area contributed by atoms with Gasteiger partial charge in [-0.1, -0.05) is 18.2 Å². The molecular weight excluding hydrogens is 304 g/mol. The van der Waals surface area contributed by atoms with E-state index in [0.29, 0.717) is 24.3 Å². The molecule has 5 heteroatoms. The van der Waals surface area contributed by atoms with Crippen LogP contribution < -0.4 is 4.90 Å². The fourth-order valence-electron chi connectivity index (χ4n) is 3.54. The van der Waals surface area contributed by atoms with Crippen molar-refractivity contribution in [2.45, 2.75) is 39.7 Å². The Hall–Kier alpha value is -2.56. The lowest BCUT2D eigenvalue weighted by Gasteiger charge is -2.29. The van der Waals surface area contributed by atoms with Crippen LogP contribution in [0.25, 0.3) is 0 Å². The topological polar surface area (TPSA) is 62.5 Å². The van der Waals surface area contributed by atoms with Crippen LogP contribution in [0.1, 0.15) is 40.5 Å². The van der Waals surface area contributed by atoms with Crippen LogP contribution in [0.3, 0.4) is 0 Å². The molecule has 3 rings (SSSR count). The molecule has 0 fully saturated rings. The van der Waals surface area contributed by atoms with Crippen LogP contribution in [0, 0.1) is 6.92 Å². The van der Waals surface area contributed by atoms with Gasteiger partial charge in [-0.05, 0) is 43.9 Å². The summed E-state index contributed by atoms with van der Waals surface area (Å²) in [6.45, 7) is 5.06. The minimum atomic E-state index is -0.971. The summed E-state index contributed by atoms with van der Waals surface area (Å²) in [5.41, 5.74) is 3.69. The number of carbonyl (C=O) groups excluding carboxylic acids is 1. The molecule has 2 aromatic rings. The number of aromatic carboxylic acids is 1. The summed E-state index contributed by atoms with van der Waals surface area (Å²) in [6.07, 6.45) is 3.83. The zero-order chi connectivity index (χ0) is 17.3. The van der Waals surface area contributed by atoms with Gasteiger partial charge in [0.2, 0.25) is 5.91 Å². The van der Waals surface area contributed by atoms with Gasteiger partial charge in [0.25, 0.3) is 0 Å². The number of anilines is 1. The van der Waals surface area contributed by atoms with Gasteiger partial charge in [-0.3, -0.25) is 4.79 Å². The molecule has 0 bridgehead atoms. The molecule has 1 aromatic carbocycles. The molecule has 0 unspecified atom stereocenters. The van der Waals surface area contributed by atoms with Crippen LogP contribution in [-0.2, 0) is 24.2 Å². The minimum Gasteiger partial charge on any atom is -0.478 e. The molecule has 1 aliphatic rings. The monoisotopic (exact) mass is 326 g/mol. The van der Waals surface area contributed by atoms with E-state index < -0.39 is 5.97 Å². The number of benzene rings is 1. The first-order chi connectivity index (χ1) is 11.5. The third-order valence-corrected chi connectivity index (χ3v) is 4.66. The Morgan fingerprint density at radius 1 is 1.25 bits per heavy atom. The Balaban J connectivity index is 1.93. The van der Waals surface area contributed by atoms with E-state index in [4.69, 9.17) is 0 Å². The molecule has 0 saturated carbocycles. The summed E-state index contributed by atoms with van der Waals surface area (Å²) in [6, 6.07) is 7.94. The van der Waals surface area contributed by atoms with Crippen LogP contribution in [0.4, 0.5) is 5.69 Å². The summed E-state index contributed by atoms with van der Waals surface area (Å²) in [4.78, 5) is 26.3. The van der Waals surface area contributed by atoms with Crippen molar-refractivity contribution in [2.24, 2.45) is 0 Å². The number of amides is 1. The Morgan fingerprint density at radius 2 is 2.00 bits per heavy atom. The fourth-order valence-corrected chi connectivity index (χ4v) is 3.54. The van der Waals surface area contributed by atoms with Crippen molar-refractivity contribution in [1.82, 2.24) is 4.57 Å². The number of aromatic nitrogens is 1. The predicted octanol–water partition coefficient (Wildman–Crippen LogP) is 3.04. The van der Waals surface area contributed by atoms with E-state index in [9.17, 15) is 14.7 Å². The highest BCUT2D eigenvalue weighted by Gasteiger charge is 2.26. The Bertz CT molecular complexity index is 792. The maximum atomic E-state index is 12.9. The van der Waals surface area contributed by atoms with Crippen molar-refractivity contribution in [3.05, 3.63) is 52.8 Å². The van der Waals surface area contributed by atoms with Gasteiger partial charge < -0.3 is 14.6 Å². The predicted molar refractivity (Wildman–Crippen MR) is 92.6 cm³/mol. The molecule has 1 aromatic heterocycles. The lowest BCUT2D eigenvalue weighted by Crippen LogP contribution is -2.37. The molecule has 1 aliphatic heterocycles. The largest absolute Gasteiger partial charge is 0.478 e. The number of nitrogens with zero attached hydrogens (tertiary/aromatic N) is 2. The van der Waals surface area contributed by atoms with Crippen LogP contribution in [0.15, 0.2) is 30.5 Å². The number of rotatable bonds is 4. The molecule has 1 amide bonds. The second-order valence-electron chi connectivity index (χ2n) is 6.18. The fraction of sp³-hybridized carbons (Fsp3) is 0.368. The summed E-state index contributed by atoms with van der Waals surface area (Å²) in [5.74, 6) is -1.01. The number of carboxylic acid groups (broad SMARTS) is 1. The lowest BCUT2D eigenvalue weighted by atomic mass is 10.0. The molecule has 2 heterocycles. The van der Waals surface area contributed by atoms with Gasteiger partial charge in [0.1, 0.15) is 0 Å². The highest BCUT2D eigenvalue weighted by molar-refractivity contribution is 5.98. The summed E-state index contributed by atoms with van der Waals surface area (Å²) < 4.78 is 1.87. The number of para-hydroxylation sites is 1. The standard InChI is InChI=1S/C19H22N2O3/c1-3-20-12-13(2)18(19(23)24)16(20)11-17(22)21-10-6-8-14-7-4-5-9-15(14)21/h4-5,7,9,12H,3,6,8,10-11H2,1-2H3,(H,23,24). The van der Waals surface area contributed by atoms with E-state index in [1.54, 1.807) is 11.8 Å². The number of hydrogen-bond acceptors (Lipinski definition) is 2. The number of carboxylic acids is 1. The average molecular weight is 326 g/mol. The molecule has 0 saturated heterocycles. The van der Waals surface area contributed by atoms with E-state index in [0.717, 1.165) is 18.5 Å². The summed E-state index contributed by atoms with van der Waals surface area (Å²) in [7, 11) is 0. The van der Waals surface area contributed by atoms with E-state index >= 15 is 0 Å². The van der Waals surface area contributed by atoms with Crippen molar-refractivity contribution in [1.29, 1.82) is 0 Å². The Kier molecular flexibility index (Phi) is 4.42. The first-order valence-corrected chi connectivity index (χ1v) is 8.33. The second kappa shape index (κ2) is 6.51. The van der Waals surface area contributed by atoms with Crippen LogP contribution in [0.2, 0.25) is 0 Å². The molecule has 1 N–H and O–H groups in total. The SMILES string of the molecule is CCn1cc(C)c(C(=O)O)c1CC(=O)N1CCCc2ccccc21. The minimum absolute atomic E-state index is 0.0440. The van der Waals surface area contributed by atoms with Crippen LogP contribution in [0.5, 0.6) is 0 Å². The van der Waals surface area contributed by atoms with Crippen molar-refractivity contribution in [3.8, 4) is 0 Å². The Morgan fingerprint density at radius 3 is 2.71 bits per heavy atom. The van der Waals surface area contributed by atoms with Crippen molar-refractivity contribution in [2.75, 3.05) is 11.4 Å². The zero-order valence-electron chi connectivity index (χ0n) is 14.1. The Labute approximate surface area is 141 Å². The maximum Gasteiger partial charge on any atom is 0.337 e. The third kappa shape index (κ3) is 2.82. The molecule has 0 aliphatic carbocycles. The first-order valence-electron chi connectivity index (χ1n) is 8.33. The molecule has 126 valence electrons. The molecule has 0 atom stereocenters. The number of fused-ring (bicyclic) bond motifs is 1. The second-order valence-corrected chi connectivity index (χ2v) is 6.18. The first kappa shape index (κ1) is 16.3.